The molecule has 0 aromatic heterocycles. The molecule has 2 N–H and O–H groups in total. The van der Waals surface area contributed by atoms with Crippen molar-refractivity contribution >= 4 is 11.9 Å². The summed E-state index contributed by atoms with van der Waals surface area (Å²) in [5.74, 6) is -0.641. The third-order valence-corrected chi connectivity index (χ3v) is 3.47. The van der Waals surface area contributed by atoms with Crippen LogP contribution in [0.4, 0.5) is 0 Å². The van der Waals surface area contributed by atoms with Crippen LogP contribution in [-0.2, 0) is 9.59 Å². The van der Waals surface area contributed by atoms with Crippen LogP contribution in [-0.4, -0.2) is 29.7 Å². The van der Waals surface area contributed by atoms with Gasteiger partial charge in [0.1, 0.15) is 6.61 Å². The molecule has 0 bridgehead atoms. The van der Waals surface area contributed by atoms with E-state index in [0.29, 0.717) is 17.1 Å². The highest BCUT2D eigenvalue weighted by molar-refractivity contribution is 5.87. The fraction of sp³-hybridized carbons (Fsp3) is 0.176. The zero-order valence-corrected chi connectivity index (χ0v) is 12.1. The number of fused-ring (bicyclic) bond motifs is 1. The van der Waals surface area contributed by atoms with Crippen LogP contribution in [0.3, 0.4) is 0 Å². The number of carbonyl (C=O) groups is 2. The monoisotopic (exact) mass is 313 g/mol. The van der Waals surface area contributed by atoms with Gasteiger partial charge >= 0.3 is 5.97 Å². The Balaban J connectivity index is 1.72. The Morgan fingerprint density at radius 2 is 1.70 bits per heavy atom. The van der Waals surface area contributed by atoms with Crippen molar-refractivity contribution in [2.45, 2.75) is 12.1 Å². The lowest BCUT2D eigenvalue weighted by molar-refractivity contribution is -0.143. The quantitative estimate of drug-likeness (QED) is 0.898. The van der Waals surface area contributed by atoms with E-state index in [0.717, 1.165) is 0 Å². The number of amides is 1. The third-order valence-electron chi connectivity index (χ3n) is 3.47. The summed E-state index contributed by atoms with van der Waals surface area (Å²) >= 11 is 0. The van der Waals surface area contributed by atoms with E-state index in [2.05, 4.69) is 5.32 Å². The first-order valence-electron chi connectivity index (χ1n) is 7.12. The number of aliphatic carboxylic acids is 1. The molecule has 0 aliphatic carbocycles. The van der Waals surface area contributed by atoms with Gasteiger partial charge in [-0.1, -0.05) is 42.5 Å². The van der Waals surface area contributed by atoms with Crippen LogP contribution in [0.2, 0.25) is 0 Å². The molecule has 1 aliphatic heterocycles. The number of para-hydroxylation sites is 2. The van der Waals surface area contributed by atoms with Crippen molar-refractivity contribution < 1.29 is 24.2 Å². The van der Waals surface area contributed by atoms with Gasteiger partial charge in [0.05, 0.1) is 0 Å². The highest BCUT2D eigenvalue weighted by Gasteiger charge is 2.31. The van der Waals surface area contributed by atoms with Crippen molar-refractivity contribution in [1.29, 1.82) is 0 Å². The maximum Gasteiger partial charge on any atom is 0.330 e. The molecule has 1 aliphatic rings. The van der Waals surface area contributed by atoms with E-state index in [9.17, 15) is 14.7 Å². The zero-order chi connectivity index (χ0) is 16.2. The predicted octanol–water partition coefficient (Wildman–Crippen LogP) is 1.77. The summed E-state index contributed by atoms with van der Waals surface area (Å²) in [7, 11) is 0. The molecule has 0 unspecified atom stereocenters. The normalized spacial score (nSPS) is 17.1. The van der Waals surface area contributed by atoms with E-state index in [1.165, 1.54) is 0 Å². The standard InChI is InChI=1S/C17H15NO5/c19-16(14-10-22-12-8-4-5-9-13(12)23-14)18-15(17(20)21)11-6-2-1-3-7-11/h1-9,14-15H,10H2,(H,18,19)(H,20,21)/t14-,15+/m1/s1. The summed E-state index contributed by atoms with van der Waals surface area (Å²) in [4.78, 5) is 23.7. The number of benzene rings is 2. The number of hydrogen-bond donors (Lipinski definition) is 2. The number of ether oxygens (including phenoxy) is 2. The van der Waals surface area contributed by atoms with Crippen LogP contribution in [0.25, 0.3) is 0 Å². The van der Waals surface area contributed by atoms with Gasteiger partial charge in [0, 0.05) is 0 Å². The maximum atomic E-state index is 12.3. The van der Waals surface area contributed by atoms with Gasteiger partial charge in [-0.15, -0.1) is 0 Å². The number of carbonyl (C=O) groups excluding carboxylic acids is 1. The first kappa shape index (κ1) is 14.9. The van der Waals surface area contributed by atoms with Crippen molar-refractivity contribution in [3.8, 4) is 11.5 Å². The first-order valence-corrected chi connectivity index (χ1v) is 7.12. The molecule has 1 amide bonds. The van der Waals surface area contributed by atoms with E-state index in [1.54, 1.807) is 54.6 Å². The van der Waals surface area contributed by atoms with Gasteiger partial charge in [-0.05, 0) is 17.7 Å². The van der Waals surface area contributed by atoms with Gasteiger partial charge in [0.2, 0.25) is 6.10 Å². The van der Waals surface area contributed by atoms with Crippen LogP contribution in [0.5, 0.6) is 11.5 Å². The first-order chi connectivity index (χ1) is 11.1. The molecule has 1 heterocycles. The van der Waals surface area contributed by atoms with Crippen molar-refractivity contribution in [2.75, 3.05) is 6.61 Å². The van der Waals surface area contributed by atoms with Gasteiger partial charge < -0.3 is 19.9 Å². The topological polar surface area (TPSA) is 84.9 Å². The summed E-state index contributed by atoms with van der Waals surface area (Å²) in [6.07, 6.45) is -0.893. The lowest BCUT2D eigenvalue weighted by Gasteiger charge is -2.26. The molecule has 0 fully saturated rings. The van der Waals surface area contributed by atoms with Crippen LogP contribution < -0.4 is 14.8 Å². The number of rotatable bonds is 4. The number of hydrogen-bond acceptors (Lipinski definition) is 4. The molecule has 2 aromatic rings. The molecule has 6 nitrogen and oxygen atoms in total. The van der Waals surface area contributed by atoms with Gasteiger partial charge in [0.15, 0.2) is 17.5 Å². The van der Waals surface area contributed by atoms with Crippen LogP contribution in [0.1, 0.15) is 11.6 Å². The fourth-order valence-electron chi connectivity index (χ4n) is 2.32. The minimum absolute atomic E-state index is 0.0317. The summed E-state index contributed by atoms with van der Waals surface area (Å²) < 4.78 is 11.1. The molecular weight excluding hydrogens is 298 g/mol. The fourth-order valence-corrected chi connectivity index (χ4v) is 2.32. The van der Waals surface area contributed by atoms with Crippen LogP contribution in [0, 0.1) is 0 Å². The Bertz CT molecular complexity index is 716. The van der Waals surface area contributed by atoms with E-state index >= 15 is 0 Å². The average molecular weight is 313 g/mol. The minimum Gasteiger partial charge on any atom is -0.485 e. The molecular formula is C17H15NO5. The van der Waals surface area contributed by atoms with Gasteiger partial charge in [0.25, 0.3) is 5.91 Å². The molecule has 23 heavy (non-hydrogen) atoms. The zero-order valence-electron chi connectivity index (χ0n) is 12.1. The summed E-state index contributed by atoms with van der Waals surface area (Å²) in [5, 5.41) is 11.8. The second kappa shape index (κ2) is 6.39. The highest BCUT2D eigenvalue weighted by Crippen LogP contribution is 2.31. The molecule has 0 saturated heterocycles. The number of carboxylic acids is 1. The van der Waals surface area contributed by atoms with E-state index in [-0.39, 0.29) is 6.61 Å². The van der Waals surface area contributed by atoms with E-state index in [4.69, 9.17) is 9.47 Å². The lowest BCUT2D eigenvalue weighted by Crippen LogP contribution is -2.46. The Morgan fingerprint density at radius 1 is 1.04 bits per heavy atom. The number of carboxylic acid groups (broad SMARTS) is 1. The average Bonchev–Trinajstić information content (AvgIpc) is 2.59. The molecule has 6 heteroatoms. The van der Waals surface area contributed by atoms with Crippen LogP contribution >= 0.6 is 0 Å². The second-order valence-corrected chi connectivity index (χ2v) is 5.05. The Labute approximate surface area is 132 Å². The molecule has 0 radical (unpaired) electrons. The number of nitrogens with one attached hydrogen (secondary N) is 1. The van der Waals surface area contributed by atoms with Gasteiger partial charge in [-0.3, -0.25) is 4.79 Å². The summed E-state index contributed by atoms with van der Waals surface area (Å²) in [6.45, 7) is 0.0317. The maximum absolute atomic E-state index is 12.3. The Kier molecular flexibility index (Phi) is 4.14. The molecule has 2 aromatic carbocycles. The summed E-state index contributed by atoms with van der Waals surface area (Å²) in [6, 6.07) is 14.4. The van der Waals surface area contributed by atoms with E-state index in [1.807, 2.05) is 0 Å². The molecule has 2 atom stereocenters. The van der Waals surface area contributed by atoms with Crippen molar-refractivity contribution in [3.63, 3.8) is 0 Å². The van der Waals surface area contributed by atoms with Crippen molar-refractivity contribution in [2.24, 2.45) is 0 Å². The Morgan fingerprint density at radius 3 is 2.39 bits per heavy atom. The largest absolute Gasteiger partial charge is 0.485 e. The molecule has 118 valence electrons. The summed E-state index contributed by atoms with van der Waals surface area (Å²) in [5.41, 5.74) is 0.491. The third kappa shape index (κ3) is 3.26. The predicted molar refractivity (Wildman–Crippen MR) is 81.3 cm³/mol. The van der Waals surface area contributed by atoms with E-state index < -0.39 is 24.0 Å². The lowest BCUT2D eigenvalue weighted by atomic mass is 10.1. The van der Waals surface area contributed by atoms with Crippen LogP contribution in [0.15, 0.2) is 54.6 Å². The second-order valence-electron chi connectivity index (χ2n) is 5.05. The molecule has 0 saturated carbocycles. The van der Waals surface area contributed by atoms with Crippen molar-refractivity contribution in [3.05, 3.63) is 60.2 Å². The SMILES string of the molecule is O=C(O)[C@@H](NC(=O)[C@H]1COc2ccccc2O1)c1ccccc1. The smallest absolute Gasteiger partial charge is 0.330 e. The highest BCUT2D eigenvalue weighted by atomic mass is 16.6. The Hall–Kier alpha value is -3.02. The molecule has 3 rings (SSSR count). The minimum atomic E-state index is -1.14. The van der Waals surface area contributed by atoms with Crippen molar-refractivity contribution in [1.82, 2.24) is 5.32 Å². The van der Waals surface area contributed by atoms with Gasteiger partial charge in [-0.2, -0.15) is 0 Å². The van der Waals surface area contributed by atoms with Gasteiger partial charge in [-0.25, -0.2) is 4.79 Å². The molecule has 0 spiro atoms.